The van der Waals surface area contributed by atoms with Crippen LogP contribution in [-0.4, -0.2) is 31.6 Å². The van der Waals surface area contributed by atoms with E-state index in [0.717, 1.165) is 0 Å². The van der Waals surface area contributed by atoms with E-state index in [0.29, 0.717) is 16.7 Å². The van der Waals surface area contributed by atoms with E-state index in [9.17, 15) is 13.2 Å². The summed E-state index contributed by atoms with van der Waals surface area (Å²) in [5.74, 6) is -0.663. The van der Waals surface area contributed by atoms with Crippen LogP contribution in [0.2, 0.25) is 5.15 Å². The van der Waals surface area contributed by atoms with Gasteiger partial charge in [0.25, 0.3) is 0 Å². The van der Waals surface area contributed by atoms with Crippen molar-refractivity contribution >= 4 is 49.1 Å². The molecule has 104 valence electrons. The molecule has 1 fully saturated rings. The Morgan fingerprint density at radius 1 is 1.58 bits per heavy atom. The highest BCUT2D eigenvalue weighted by molar-refractivity contribution is 9.10. The second-order valence-corrected chi connectivity index (χ2v) is 7.26. The molecule has 0 aliphatic carbocycles. The number of anilines is 1. The molecule has 1 aliphatic rings. The third kappa shape index (κ3) is 3.65. The fraction of sp³-hybridized carbons (Fsp3) is 0.400. The van der Waals surface area contributed by atoms with Gasteiger partial charge >= 0.3 is 0 Å². The topological polar surface area (TPSA) is 93.4 Å². The molecule has 9 heteroatoms. The fourth-order valence-electron chi connectivity index (χ4n) is 2.06. The maximum atomic E-state index is 11.9. The molecule has 0 radical (unpaired) electrons. The van der Waals surface area contributed by atoms with Gasteiger partial charge in [0.05, 0.1) is 15.9 Å². The van der Waals surface area contributed by atoms with E-state index in [1.54, 1.807) is 6.07 Å². The van der Waals surface area contributed by atoms with Gasteiger partial charge < -0.3 is 4.90 Å². The van der Waals surface area contributed by atoms with Gasteiger partial charge in [0.15, 0.2) is 0 Å². The van der Waals surface area contributed by atoms with Crippen LogP contribution in [0, 0.1) is 5.92 Å². The standard InChI is InChI=1S/C10H11BrClN3O3S/c11-7-3-14-9(12)2-8(7)15-4-6(1-10(15)16)5-19(13,17)18/h2-3,6H,1,4-5H2,(H2,13,17,18). The number of amides is 1. The molecule has 0 saturated carbocycles. The number of nitrogens with two attached hydrogens (primary N) is 1. The summed E-state index contributed by atoms with van der Waals surface area (Å²) in [6.07, 6.45) is 1.65. The number of nitrogens with zero attached hydrogens (tertiary/aromatic N) is 2. The number of hydrogen-bond acceptors (Lipinski definition) is 4. The van der Waals surface area contributed by atoms with Crippen molar-refractivity contribution in [2.75, 3.05) is 17.2 Å². The number of rotatable bonds is 3. The predicted molar refractivity (Wildman–Crippen MR) is 75.4 cm³/mol. The van der Waals surface area contributed by atoms with Crippen LogP contribution in [0.3, 0.4) is 0 Å². The van der Waals surface area contributed by atoms with Gasteiger partial charge in [0, 0.05) is 31.1 Å². The minimum atomic E-state index is -3.58. The molecule has 0 aromatic carbocycles. The third-order valence-corrected chi connectivity index (χ3v) is 4.52. The number of primary sulfonamides is 1. The number of pyridine rings is 1. The van der Waals surface area contributed by atoms with Crippen LogP contribution in [0.4, 0.5) is 5.69 Å². The van der Waals surface area contributed by atoms with Crippen molar-refractivity contribution in [3.05, 3.63) is 21.9 Å². The van der Waals surface area contributed by atoms with E-state index in [4.69, 9.17) is 16.7 Å². The average molecular weight is 369 g/mol. The molecule has 19 heavy (non-hydrogen) atoms. The summed E-state index contributed by atoms with van der Waals surface area (Å²) in [4.78, 5) is 17.3. The van der Waals surface area contributed by atoms with Crippen LogP contribution in [0.5, 0.6) is 0 Å². The second kappa shape index (κ2) is 5.35. The lowest BCUT2D eigenvalue weighted by atomic mass is 10.1. The minimum absolute atomic E-state index is 0.156. The van der Waals surface area contributed by atoms with Crippen molar-refractivity contribution in [2.45, 2.75) is 6.42 Å². The molecular weight excluding hydrogens is 358 g/mol. The molecule has 1 aromatic heterocycles. The number of carbonyl (C=O) groups excluding carboxylic acids is 1. The van der Waals surface area contributed by atoms with Crippen LogP contribution >= 0.6 is 27.5 Å². The molecule has 1 aliphatic heterocycles. The molecule has 1 unspecified atom stereocenters. The van der Waals surface area contributed by atoms with Crippen molar-refractivity contribution in [1.29, 1.82) is 0 Å². The smallest absolute Gasteiger partial charge is 0.227 e. The number of halogens is 2. The van der Waals surface area contributed by atoms with Crippen LogP contribution < -0.4 is 10.0 Å². The molecule has 2 rings (SSSR count). The highest BCUT2D eigenvalue weighted by atomic mass is 79.9. The average Bonchev–Trinajstić information content (AvgIpc) is 2.60. The van der Waals surface area contributed by atoms with Gasteiger partial charge in [0.1, 0.15) is 5.15 Å². The van der Waals surface area contributed by atoms with Crippen LogP contribution in [0.25, 0.3) is 0 Å². The summed E-state index contributed by atoms with van der Waals surface area (Å²) in [5, 5.41) is 5.27. The maximum absolute atomic E-state index is 11.9. The van der Waals surface area contributed by atoms with Crippen molar-refractivity contribution < 1.29 is 13.2 Å². The molecule has 1 aromatic rings. The van der Waals surface area contributed by atoms with Gasteiger partial charge in [-0.3, -0.25) is 4.79 Å². The Morgan fingerprint density at radius 3 is 2.89 bits per heavy atom. The number of sulfonamides is 1. The van der Waals surface area contributed by atoms with E-state index < -0.39 is 10.0 Å². The zero-order valence-electron chi connectivity index (χ0n) is 9.71. The Balaban J connectivity index is 2.23. The van der Waals surface area contributed by atoms with Gasteiger partial charge in [-0.1, -0.05) is 11.6 Å². The zero-order valence-corrected chi connectivity index (χ0v) is 12.9. The first-order chi connectivity index (χ1) is 8.76. The van der Waals surface area contributed by atoms with Crippen LogP contribution in [0.15, 0.2) is 16.7 Å². The molecule has 6 nitrogen and oxygen atoms in total. The van der Waals surface area contributed by atoms with Crippen LogP contribution in [-0.2, 0) is 14.8 Å². The first-order valence-corrected chi connectivity index (χ1v) is 8.27. The van der Waals surface area contributed by atoms with Gasteiger partial charge in [-0.15, -0.1) is 0 Å². The van der Waals surface area contributed by atoms with Gasteiger partial charge in [-0.2, -0.15) is 0 Å². The maximum Gasteiger partial charge on any atom is 0.227 e. The lowest BCUT2D eigenvalue weighted by Crippen LogP contribution is -2.27. The summed E-state index contributed by atoms with van der Waals surface area (Å²) >= 11 is 9.09. The molecule has 1 saturated heterocycles. The molecule has 1 atom stereocenters. The Bertz CT molecular complexity index is 622. The highest BCUT2D eigenvalue weighted by Crippen LogP contribution is 2.32. The molecule has 2 heterocycles. The molecule has 0 spiro atoms. The monoisotopic (exact) mass is 367 g/mol. The SMILES string of the molecule is NS(=O)(=O)CC1CC(=O)N(c2cc(Cl)ncc2Br)C1. The summed E-state index contributed by atoms with van der Waals surface area (Å²) in [6.45, 7) is 0.300. The summed E-state index contributed by atoms with van der Waals surface area (Å²) in [7, 11) is -3.58. The summed E-state index contributed by atoms with van der Waals surface area (Å²) in [6, 6.07) is 1.56. The highest BCUT2D eigenvalue weighted by Gasteiger charge is 2.33. The lowest BCUT2D eigenvalue weighted by molar-refractivity contribution is -0.117. The third-order valence-electron chi connectivity index (χ3n) is 2.77. The Kier molecular flexibility index (Phi) is 4.14. The van der Waals surface area contributed by atoms with E-state index in [1.165, 1.54) is 11.1 Å². The van der Waals surface area contributed by atoms with E-state index in [1.807, 2.05) is 0 Å². The van der Waals surface area contributed by atoms with E-state index >= 15 is 0 Å². The van der Waals surface area contributed by atoms with Gasteiger partial charge in [-0.05, 0) is 15.9 Å². The van der Waals surface area contributed by atoms with Crippen LogP contribution in [0.1, 0.15) is 6.42 Å². The lowest BCUT2D eigenvalue weighted by Gasteiger charge is -2.18. The molecule has 0 bridgehead atoms. The van der Waals surface area contributed by atoms with Crippen molar-refractivity contribution in [3.63, 3.8) is 0 Å². The largest absolute Gasteiger partial charge is 0.311 e. The first-order valence-electron chi connectivity index (χ1n) is 5.38. The second-order valence-electron chi connectivity index (χ2n) is 4.36. The summed E-state index contributed by atoms with van der Waals surface area (Å²) in [5.41, 5.74) is 0.585. The quantitative estimate of drug-likeness (QED) is 0.810. The Morgan fingerprint density at radius 2 is 2.26 bits per heavy atom. The number of hydrogen-bond donors (Lipinski definition) is 1. The Hall–Kier alpha value is -0.700. The zero-order chi connectivity index (χ0) is 14.2. The fourth-order valence-corrected chi connectivity index (χ4v) is 3.53. The van der Waals surface area contributed by atoms with Crippen molar-refractivity contribution in [3.8, 4) is 0 Å². The molecular formula is C10H11BrClN3O3S. The van der Waals surface area contributed by atoms with E-state index in [-0.39, 0.29) is 29.2 Å². The van der Waals surface area contributed by atoms with Gasteiger partial charge in [0.2, 0.25) is 15.9 Å². The normalized spacial score (nSPS) is 20.1. The van der Waals surface area contributed by atoms with Gasteiger partial charge in [-0.25, -0.2) is 18.5 Å². The summed E-state index contributed by atoms with van der Waals surface area (Å²) < 4.78 is 22.8. The molecule has 2 N–H and O–H groups in total. The first kappa shape index (κ1) is 14.7. The molecule has 1 amide bonds. The Labute approximate surface area is 124 Å². The van der Waals surface area contributed by atoms with E-state index in [2.05, 4.69) is 20.9 Å². The number of aromatic nitrogens is 1. The van der Waals surface area contributed by atoms with Crippen molar-refractivity contribution in [1.82, 2.24) is 4.98 Å². The predicted octanol–water partition coefficient (Wildman–Crippen LogP) is 1.14. The minimum Gasteiger partial charge on any atom is -0.311 e. The van der Waals surface area contributed by atoms with Crippen molar-refractivity contribution in [2.24, 2.45) is 11.1 Å². The number of carbonyl (C=O) groups is 1.